The summed E-state index contributed by atoms with van der Waals surface area (Å²) >= 11 is 1.12. The first-order valence-electron chi connectivity index (χ1n) is 10.9. The second kappa shape index (κ2) is 10.4. The molecule has 1 amide bonds. The number of carboxylic acid groups (broad SMARTS) is 1. The molecule has 0 atom stereocenters. The number of rotatable bonds is 8. The van der Waals surface area contributed by atoms with E-state index in [1.807, 2.05) is 6.92 Å². The number of ether oxygens (including phenoxy) is 1. The van der Waals surface area contributed by atoms with E-state index in [1.165, 1.54) is 16.7 Å². The molecule has 0 bridgehead atoms. The van der Waals surface area contributed by atoms with Crippen LogP contribution in [0.1, 0.15) is 22.8 Å². The molecule has 4 rings (SSSR count). The van der Waals surface area contributed by atoms with Gasteiger partial charge in [-0.2, -0.15) is 0 Å². The number of nitrogens with one attached hydrogen (secondary N) is 1. The minimum atomic E-state index is -1.07. The first-order chi connectivity index (χ1) is 16.9. The van der Waals surface area contributed by atoms with Gasteiger partial charge in [0.05, 0.1) is 34.5 Å². The maximum Gasteiger partial charge on any atom is 0.335 e. The first kappa shape index (κ1) is 24.0. The van der Waals surface area contributed by atoms with E-state index in [2.05, 4.69) is 10.3 Å². The Morgan fingerprint density at radius 2 is 1.83 bits per heavy atom. The van der Waals surface area contributed by atoms with E-state index in [9.17, 15) is 19.5 Å². The standard InChI is InChI=1S/C26H23N3O5S/c1-3-34-19-12-10-18(11-13-19)29-24(31)20-6-4-5-7-21(20)28-26(29)35-15-23(30)27-22-14-17(25(32)33)9-8-16(22)2/h4-14H,3,15H2,1-2H3,(H,27,30)(H,32,33). The van der Waals surface area contributed by atoms with Crippen molar-refractivity contribution >= 4 is 40.2 Å². The Morgan fingerprint density at radius 1 is 1.09 bits per heavy atom. The van der Waals surface area contributed by atoms with Crippen LogP contribution in [0, 0.1) is 6.92 Å². The summed E-state index contributed by atoms with van der Waals surface area (Å²) in [6.07, 6.45) is 0. The van der Waals surface area contributed by atoms with Crippen molar-refractivity contribution < 1.29 is 19.4 Å². The molecule has 0 unspecified atom stereocenters. The lowest BCUT2D eigenvalue weighted by Crippen LogP contribution is -2.23. The smallest absolute Gasteiger partial charge is 0.335 e. The third-order valence-electron chi connectivity index (χ3n) is 5.24. The number of thioether (sulfide) groups is 1. The lowest BCUT2D eigenvalue weighted by Gasteiger charge is -2.14. The van der Waals surface area contributed by atoms with E-state index in [-0.39, 0.29) is 22.8 Å². The van der Waals surface area contributed by atoms with Gasteiger partial charge in [0.1, 0.15) is 5.75 Å². The number of hydrogen-bond acceptors (Lipinski definition) is 6. The zero-order valence-electron chi connectivity index (χ0n) is 19.1. The summed E-state index contributed by atoms with van der Waals surface area (Å²) in [5.41, 5.74) is 2.14. The zero-order valence-corrected chi connectivity index (χ0v) is 20.0. The van der Waals surface area contributed by atoms with Gasteiger partial charge in [0.15, 0.2) is 5.16 Å². The van der Waals surface area contributed by atoms with Crippen molar-refractivity contribution in [3.8, 4) is 11.4 Å². The molecule has 178 valence electrons. The number of hydrogen-bond donors (Lipinski definition) is 2. The van der Waals surface area contributed by atoms with Crippen LogP contribution >= 0.6 is 11.8 Å². The van der Waals surface area contributed by atoms with Crippen molar-refractivity contribution in [2.24, 2.45) is 0 Å². The van der Waals surface area contributed by atoms with Gasteiger partial charge in [0.25, 0.3) is 5.56 Å². The minimum Gasteiger partial charge on any atom is -0.494 e. The van der Waals surface area contributed by atoms with Gasteiger partial charge in [0, 0.05) is 5.69 Å². The fourth-order valence-corrected chi connectivity index (χ4v) is 4.31. The van der Waals surface area contributed by atoms with Crippen molar-refractivity contribution in [2.45, 2.75) is 19.0 Å². The van der Waals surface area contributed by atoms with Gasteiger partial charge in [-0.3, -0.25) is 14.2 Å². The lowest BCUT2D eigenvalue weighted by molar-refractivity contribution is -0.113. The summed E-state index contributed by atoms with van der Waals surface area (Å²) in [5.74, 6) is -0.764. The second-order valence-corrected chi connectivity index (χ2v) is 8.59. The van der Waals surface area contributed by atoms with Crippen LogP contribution in [0.5, 0.6) is 5.75 Å². The van der Waals surface area contributed by atoms with Crippen molar-refractivity contribution in [3.05, 3.63) is 88.2 Å². The SMILES string of the molecule is CCOc1ccc(-n2c(SCC(=O)Nc3cc(C(=O)O)ccc3C)nc3ccccc3c2=O)cc1. The molecule has 0 saturated carbocycles. The molecule has 35 heavy (non-hydrogen) atoms. The monoisotopic (exact) mass is 489 g/mol. The third-order valence-corrected chi connectivity index (χ3v) is 6.18. The number of aryl methyl sites for hydroxylation is 1. The van der Waals surface area contributed by atoms with E-state index in [4.69, 9.17) is 4.74 Å². The van der Waals surface area contributed by atoms with Crippen LogP contribution in [0.15, 0.2) is 76.7 Å². The number of amides is 1. The molecule has 8 nitrogen and oxygen atoms in total. The number of carbonyl (C=O) groups excluding carboxylic acids is 1. The van der Waals surface area contributed by atoms with Gasteiger partial charge in [-0.05, 0) is 67.9 Å². The molecule has 4 aromatic rings. The van der Waals surface area contributed by atoms with Gasteiger partial charge in [0.2, 0.25) is 5.91 Å². The average molecular weight is 490 g/mol. The molecule has 0 spiro atoms. The highest BCUT2D eigenvalue weighted by molar-refractivity contribution is 7.99. The van der Waals surface area contributed by atoms with Crippen LogP contribution in [-0.4, -0.2) is 38.9 Å². The zero-order chi connectivity index (χ0) is 24.9. The van der Waals surface area contributed by atoms with Gasteiger partial charge in [-0.1, -0.05) is 30.0 Å². The topological polar surface area (TPSA) is 111 Å². The molecule has 0 radical (unpaired) electrons. The highest BCUT2D eigenvalue weighted by Crippen LogP contribution is 2.24. The summed E-state index contributed by atoms with van der Waals surface area (Å²) < 4.78 is 6.98. The van der Waals surface area contributed by atoms with Crippen LogP contribution in [0.25, 0.3) is 16.6 Å². The Kier molecular flexibility index (Phi) is 7.17. The quantitative estimate of drug-likeness (QED) is 0.276. The number of aromatic nitrogens is 2. The van der Waals surface area contributed by atoms with Crippen LogP contribution in [0.4, 0.5) is 5.69 Å². The molecule has 3 aromatic carbocycles. The molecular formula is C26H23N3O5S. The van der Waals surface area contributed by atoms with Gasteiger partial charge in [-0.25, -0.2) is 9.78 Å². The van der Waals surface area contributed by atoms with E-state index in [1.54, 1.807) is 61.5 Å². The van der Waals surface area contributed by atoms with Crippen LogP contribution in [0.3, 0.4) is 0 Å². The molecule has 1 heterocycles. The number of benzene rings is 3. The number of para-hydroxylation sites is 1. The van der Waals surface area contributed by atoms with E-state index in [0.29, 0.717) is 39.8 Å². The Hall–Kier alpha value is -4.11. The average Bonchev–Trinajstić information content (AvgIpc) is 2.85. The number of carbonyl (C=O) groups is 2. The molecule has 0 aliphatic heterocycles. The van der Waals surface area contributed by atoms with Crippen molar-refractivity contribution in [3.63, 3.8) is 0 Å². The van der Waals surface area contributed by atoms with Crippen molar-refractivity contribution in [1.82, 2.24) is 9.55 Å². The molecular weight excluding hydrogens is 466 g/mol. The Morgan fingerprint density at radius 3 is 2.54 bits per heavy atom. The molecule has 0 fully saturated rings. The predicted molar refractivity (Wildman–Crippen MR) is 136 cm³/mol. The summed E-state index contributed by atoms with van der Waals surface area (Å²) in [7, 11) is 0. The molecule has 9 heteroatoms. The summed E-state index contributed by atoms with van der Waals surface area (Å²) in [6, 6.07) is 18.7. The Balaban J connectivity index is 1.64. The molecule has 1 aromatic heterocycles. The van der Waals surface area contributed by atoms with Crippen molar-refractivity contribution in [2.75, 3.05) is 17.7 Å². The first-order valence-corrected chi connectivity index (χ1v) is 11.9. The van der Waals surface area contributed by atoms with Crippen molar-refractivity contribution in [1.29, 1.82) is 0 Å². The van der Waals surface area contributed by atoms with Gasteiger partial charge >= 0.3 is 5.97 Å². The summed E-state index contributed by atoms with van der Waals surface area (Å²) in [4.78, 5) is 42.0. The van der Waals surface area contributed by atoms with Crippen LogP contribution < -0.4 is 15.6 Å². The maximum absolute atomic E-state index is 13.4. The Labute approximate surface area is 205 Å². The largest absolute Gasteiger partial charge is 0.494 e. The highest BCUT2D eigenvalue weighted by Gasteiger charge is 2.16. The predicted octanol–water partition coefficient (Wildman–Crippen LogP) is 4.52. The fourth-order valence-electron chi connectivity index (χ4n) is 3.50. The molecule has 2 N–H and O–H groups in total. The summed E-state index contributed by atoms with van der Waals surface area (Å²) in [5, 5.41) is 12.8. The molecule has 0 aliphatic rings. The third kappa shape index (κ3) is 5.36. The van der Waals surface area contributed by atoms with Crippen LogP contribution in [0.2, 0.25) is 0 Å². The maximum atomic E-state index is 13.4. The number of anilines is 1. The van der Waals surface area contributed by atoms with Gasteiger partial charge in [-0.15, -0.1) is 0 Å². The number of carboxylic acids is 1. The fraction of sp³-hybridized carbons (Fsp3) is 0.154. The number of nitrogens with zero attached hydrogens (tertiary/aromatic N) is 2. The highest BCUT2D eigenvalue weighted by atomic mass is 32.2. The Bertz CT molecular complexity index is 1460. The second-order valence-electron chi connectivity index (χ2n) is 7.65. The van der Waals surface area contributed by atoms with E-state index < -0.39 is 5.97 Å². The van der Waals surface area contributed by atoms with Gasteiger partial charge < -0.3 is 15.2 Å². The van der Waals surface area contributed by atoms with E-state index in [0.717, 1.165) is 17.3 Å². The molecule has 0 saturated heterocycles. The number of fused-ring (bicyclic) bond motifs is 1. The molecule has 0 aliphatic carbocycles. The summed E-state index contributed by atoms with van der Waals surface area (Å²) in [6.45, 7) is 4.20. The number of aromatic carboxylic acids is 1. The van der Waals surface area contributed by atoms with E-state index >= 15 is 0 Å². The van der Waals surface area contributed by atoms with Crippen LogP contribution in [-0.2, 0) is 4.79 Å². The normalized spacial score (nSPS) is 10.8. The lowest BCUT2D eigenvalue weighted by atomic mass is 10.1. The minimum absolute atomic E-state index is 0.0292.